The van der Waals surface area contributed by atoms with Crippen molar-refractivity contribution < 1.29 is 9.18 Å². The largest absolute Gasteiger partial charge is 0.365 e. The number of anilines is 1. The van der Waals surface area contributed by atoms with Gasteiger partial charge < -0.3 is 20.5 Å². The van der Waals surface area contributed by atoms with Gasteiger partial charge >= 0.3 is 6.03 Å². The lowest BCUT2D eigenvalue weighted by atomic mass is 9.93. The second kappa shape index (κ2) is 9.46. The summed E-state index contributed by atoms with van der Waals surface area (Å²) in [6.07, 6.45) is 6.95. The summed E-state index contributed by atoms with van der Waals surface area (Å²) in [5, 5.41) is 6.91. The first kappa shape index (κ1) is 21.8. The molecule has 3 aromatic heterocycles. The van der Waals surface area contributed by atoms with Gasteiger partial charge in [-0.25, -0.2) is 19.2 Å². The number of carbonyl (C=O) groups excluding carboxylic acids is 1. The number of aromatic nitrogens is 4. The van der Waals surface area contributed by atoms with E-state index in [2.05, 4.69) is 31.7 Å². The van der Waals surface area contributed by atoms with Gasteiger partial charge in [-0.1, -0.05) is 12.1 Å². The number of carbonyl (C=O) groups is 1. The minimum Gasteiger partial charge on any atom is -0.365 e. The summed E-state index contributed by atoms with van der Waals surface area (Å²) in [6.45, 7) is 1.90. The van der Waals surface area contributed by atoms with Crippen molar-refractivity contribution >= 4 is 22.9 Å². The van der Waals surface area contributed by atoms with Crippen LogP contribution in [0.1, 0.15) is 30.0 Å². The zero-order valence-corrected chi connectivity index (χ0v) is 18.9. The first-order valence-electron chi connectivity index (χ1n) is 11.4. The molecule has 4 heterocycles. The van der Waals surface area contributed by atoms with Crippen molar-refractivity contribution in [2.45, 2.75) is 25.3 Å². The zero-order valence-electron chi connectivity index (χ0n) is 18.9. The van der Waals surface area contributed by atoms with Crippen molar-refractivity contribution in [3.8, 4) is 11.3 Å². The number of halogens is 1. The van der Waals surface area contributed by atoms with Crippen LogP contribution in [0.3, 0.4) is 0 Å². The number of benzene rings is 1. The van der Waals surface area contributed by atoms with E-state index in [4.69, 9.17) is 4.98 Å². The van der Waals surface area contributed by atoms with Crippen molar-refractivity contribution in [1.82, 2.24) is 30.2 Å². The fourth-order valence-electron chi connectivity index (χ4n) is 4.46. The van der Waals surface area contributed by atoms with E-state index in [1.807, 2.05) is 17.0 Å². The lowest BCUT2D eigenvalue weighted by molar-refractivity contribution is 0.183. The van der Waals surface area contributed by atoms with Gasteiger partial charge in [-0.3, -0.25) is 4.98 Å². The number of likely N-dealkylation sites (tertiary alicyclic amines) is 1. The van der Waals surface area contributed by atoms with E-state index in [9.17, 15) is 9.18 Å². The summed E-state index contributed by atoms with van der Waals surface area (Å²) < 4.78 is 13.4. The smallest absolute Gasteiger partial charge is 0.317 e. The van der Waals surface area contributed by atoms with E-state index in [0.29, 0.717) is 18.3 Å². The van der Waals surface area contributed by atoms with Crippen LogP contribution in [0.2, 0.25) is 0 Å². The molecule has 1 aromatic carbocycles. The molecule has 0 atom stereocenters. The number of nitrogens with one attached hydrogen (secondary N) is 3. The summed E-state index contributed by atoms with van der Waals surface area (Å²) in [6, 6.07) is 10.5. The standard InChI is InChI=1S/C25H26FN7O/c1-27-25(34)33-9-6-17(7-10-33)21-12-20-19(5-8-29-24(20)32-21)22-14-28-15-23(31-22)30-13-16-3-2-4-18(26)11-16/h2-5,8,11-12,14-15,17H,6-7,9-10,13H2,1H3,(H,27,34)(H,29,32)(H,30,31). The topological polar surface area (TPSA) is 98.8 Å². The predicted octanol–water partition coefficient (Wildman–Crippen LogP) is 4.29. The second-order valence-electron chi connectivity index (χ2n) is 8.43. The zero-order chi connectivity index (χ0) is 23.5. The molecule has 1 aliphatic heterocycles. The maximum Gasteiger partial charge on any atom is 0.317 e. The highest BCUT2D eigenvalue weighted by molar-refractivity contribution is 5.92. The van der Waals surface area contributed by atoms with Crippen molar-refractivity contribution in [2.75, 3.05) is 25.5 Å². The molecule has 0 unspecified atom stereocenters. The molecule has 2 amide bonds. The van der Waals surface area contributed by atoms with Gasteiger partial charge in [0.15, 0.2) is 0 Å². The average molecular weight is 460 g/mol. The highest BCUT2D eigenvalue weighted by atomic mass is 19.1. The molecule has 34 heavy (non-hydrogen) atoms. The van der Waals surface area contributed by atoms with E-state index in [0.717, 1.165) is 59.5 Å². The normalized spacial score (nSPS) is 14.4. The van der Waals surface area contributed by atoms with Gasteiger partial charge in [-0.2, -0.15) is 0 Å². The number of fused-ring (bicyclic) bond motifs is 1. The fraction of sp³-hybridized carbons (Fsp3) is 0.280. The molecular weight excluding hydrogens is 433 g/mol. The highest BCUT2D eigenvalue weighted by Gasteiger charge is 2.25. The number of aromatic amines is 1. The summed E-state index contributed by atoms with van der Waals surface area (Å²) in [7, 11) is 1.66. The Morgan fingerprint density at radius 2 is 2.06 bits per heavy atom. The molecule has 0 bridgehead atoms. The lowest BCUT2D eigenvalue weighted by Crippen LogP contribution is -2.42. The van der Waals surface area contributed by atoms with Crippen molar-refractivity contribution in [3.05, 3.63) is 72.1 Å². The maximum absolute atomic E-state index is 13.4. The number of hydrogen-bond acceptors (Lipinski definition) is 5. The predicted molar refractivity (Wildman–Crippen MR) is 129 cm³/mol. The Morgan fingerprint density at radius 3 is 2.85 bits per heavy atom. The van der Waals surface area contributed by atoms with E-state index >= 15 is 0 Å². The molecule has 1 aliphatic rings. The van der Waals surface area contributed by atoms with Crippen LogP contribution in [0, 0.1) is 5.82 Å². The van der Waals surface area contributed by atoms with Crippen molar-refractivity contribution in [1.29, 1.82) is 0 Å². The highest BCUT2D eigenvalue weighted by Crippen LogP contribution is 2.33. The molecule has 0 spiro atoms. The minimum atomic E-state index is -0.263. The number of rotatable bonds is 5. The van der Waals surface area contributed by atoms with Gasteiger partial charge in [0, 0.05) is 55.4 Å². The third-order valence-corrected chi connectivity index (χ3v) is 6.26. The van der Waals surface area contributed by atoms with Gasteiger partial charge in [-0.05, 0) is 42.7 Å². The Bertz CT molecular complexity index is 1310. The second-order valence-corrected chi connectivity index (χ2v) is 8.43. The monoisotopic (exact) mass is 459 g/mol. The third-order valence-electron chi connectivity index (χ3n) is 6.26. The Kier molecular flexibility index (Phi) is 6.07. The summed E-state index contributed by atoms with van der Waals surface area (Å²) in [5.41, 5.74) is 4.44. The van der Waals surface area contributed by atoms with Crippen LogP contribution in [0.15, 0.2) is 55.0 Å². The quantitative estimate of drug-likeness (QED) is 0.414. The third kappa shape index (κ3) is 4.54. The summed E-state index contributed by atoms with van der Waals surface area (Å²) in [5.74, 6) is 0.693. The molecule has 3 N–H and O–H groups in total. The molecule has 0 radical (unpaired) electrons. The van der Waals surface area contributed by atoms with E-state index < -0.39 is 0 Å². The molecule has 1 saturated heterocycles. The number of piperidine rings is 1. The van der Waals surface area contributed by atoms with Crippen LogP contribution in [-0.2, 0) is 6.54 Å². The number of nitrogens with zero attached hydrogens (tertiary/aromatic N) is 4. The summed E-state index contributed by atoms with van der Waals surface area (Å²) in [4.78, 5) is 30.8. The minimum absolute atomic E-state index is 0.0245. The van der Waals surface area contributed by atoms with Crippen LogP contribution in [0.25, 0.3) is 22.3 Å². The number of amides is 2. The first-order chi connectivity index (χ1) is 16.6. The number of urea groups is 1. The van der Waals surface area contributed by atoms with Crippen LogP contribution in [0.4, 0.5) is 15.0 Å². The lowest BCUT2D eigenvalue weighted by Gasteiger charge is -2.31. The molecule has 0 aliphatic carbocycles. The molecule has 4 aromatic rings. The molecule has 5 rings (SSSR count). The molecule has 1 fully saturated rings. The van der Waals surface area contributed by atoms with Gasteiger partial charge in [-0.15, -0.1) is 0 Å². The van der Waals surface area contributed by atoms with E-state index in [1.165, 1.54) is 12.1 Å². The Hall–Kier alpha value is -4.01. The van der Waals surface area contributed by atoms with Gasteiger partial charge in [0.1, 0.15) is 17.3 Å². The Morgan fingerprint density at radius 1 is 1.21 bits per heavy atom. The van der Waals surface area contributed by atoms with Crippen LogP contribution < -0.4 is 10.6 Å². The average Bonchev–Trinajstić information content (AvgIpc) is 3.32. The Labute approximate surface area is 196 Å². The van der Waals surface area contributed by atoms with Crippen LogP contribution in [0.5, 0.6) is 0 Å². The molecule has 174 valence electrons. The molecule has 9 heteroatoms. The molecule has 8 nitrogen and oxygen atoms in total. The van der Waals surface area contributed by atoms with Gasteiger partial charge in [0.2, 0.25) is 0 Å². The van der Waals surface area contributed by atoms with Gasteiger partial charge in [0.05, 0.1) is 18.1 Å². The van der Waals surface area contributed by atoms with E-state index in [-0.39, 0.29) is 11.8 Å². The molecule has 0 saturated carbocycles. The fourth-order valence-corrected chi connectivity index (χ4v) is 4.46. The van der Waals surface area contributed by atoms with Gasteiger partial charge in [0.25, 0.3) is 0 Å². The first-order valence-corrected chi connectivity index (χ1v) is 11.4. The van der Waals surface area contributed by atoms with Crippen molar-refractivity contribution in [3.63, 3.8) is 0 Å². The number of pyridine rings is 1. The number of hydrogen-bond donors (Lipinski definition) is 3. The van der Waals surface area contributed by atoms with E-state index in [1.54, 1.807) is 31.7 Å². The number of H-pyrrole nitrogens is 1. The van der Waals surface area contributed by atoms with Crippen LogP contribution in [-0.4, -0.2) is 51.0 Å². The molecular formula is C25H26FN7O. The Balaban J connectivity index is 1.36. The van der Waals surface area contributed by atoms with Crippen molar-refractivity contribution in [2.24, 2.45) is 0 Å². The SMILES string of the molecule is CNC(=O)N1CCC(c2cc3c(-c4cncc(NCc5cccc(F)c5)n4)ccnc3[nH]2)CC1. The maximum atomic E-state index is 13.4. The summed E-state index contributed by atoms with van der Waals surface area (Å²) >= 11 is 0. The van der Waals surface area contributed by atoms with Crippen LogP contribution >= 0.6 is 0 Å².